The van der Waals surface area contributed by atoms with Crippen LogP contribution in [-0.2, 0) is 64.8 Å². The van der Waals surface area contributed by atoms with Crippen LogP contribution in [0.1, 0.15) is 100 Å². The molecule has 11 aromatic carbocycles. The van der Waals surface area contributed by atoms with Gasteiger partial charge < -0.3 is 25.8 Å². The van der Waals surface area contributed by atoms with Crippen LogP contribution in [0.25, 0.3) is 10.6 Å². The van der Waals surface area contributed by atoms with Gasteiger partial charge in [-0.05, 0) is 71.3 Å². The van der Waals surface area contributed by atoms with E-state index in [-0.39, 0.29) is 58.0 Å². The summed E-state index contributed by atoms with van der Waals surface area (Å²) in [5, 5.41) is 13.4. The molecule has 6 nitrogen and oxygen atoms in total. The second-order valence-electron chi connectivity index (χ2n) is 21.9. The SMILES string of the molecule is CCN(CC)C(=NCc1ccccc1)Nc1c(C)cccc1C.CCN(CC)C([N-]Cc1ccccc1)[N-]c1c(C)cccc1C.[CH2-]c1ccccc1.[CH2-]c1ccccc1.[CH2-]c1ccccc1.[CH2-]c1ccccc1.[CH2-]c1ccccc1.[CH2-]c1ccccc1.[CH2-]c1ccccc1.[Hf+4].[Hf]. The van der Waals surface area contributed by atoms with E-state index in [4.69, 9.17) is 15.6 Å². The minimum absolute atomic E-state index is 0. The monoisotopic (exact) mass is 1620 g/mol. The number of nitrogens with one attached hydrogen (secondary N) is 1. The van der Waals surface area contributed by atoms with E-state index in [9.17, 15) is 0 Å². The van der Waals surface area contributed by atoms with Crippen LogP contribution in [0.15, 0.2) is 314 Å². The Morgan fingerprint density at radius 3 is 0.856 bits per heavy atom. The van der Waals surface area contributed by atoms with Crippen molar-refractivity contribution in [2.24, 2.45) is 4.99 Å². The number of aryl methyl sites for hydroxylation is 4. The van der Waals surface area contributed by atoms with E-state index in [1.165, 1.54) is 33.4 Å². The van der Waals surface area contributed by atoms with Crippen molar-refractivity contribution in [1.82, 2.24) is 9.80 Å². The second-order valence-corrected chi connectivity index (χ2v) is 21.9. The van der Waals surface area contributed by atoms with Crippen LogP contribution < -0.4 is 5.32 Å². The summed E-state index contributed by atoms with van der Waals surface area (Å²) >= 11 is 0. The summed E-state index contributed by atoms with van der Waals surface area (Å²) in [5.74, 6) is 0.941. The van der Waals surface area contributed by atoms with Gasteiger partial charge in [0.05, 0.1) is 6.54 Å². The standard InChI is InChI=1S/2C20H27N3.7C7H7.2Hf/c2*1-5-23(6-2)20(21-15-18-13-8-7-9-14-18)22-19-16(3)11-10-12-17(19)4;7*1-7-5-3-2-4-6-7;;/h7-14H,5-6,15H2,1-4H3,(H,21,22);7-14,20H,5-6,15H2,1-4H3;7*2-6H,1H2;;/q;-2;7*-1;;+4. The zero-order valence-corrected chi connectivity index (χ0v) is 66.1. The molecule has 1 atom stereocenters. The van der Waals surface area contributed by atoms with Crippen molar-refractivity contribution in [2.75, 3.05) is 31.5 Å². The molecule has 11 aromatic rings. The first kappa shape index (κ1) is 86.3. The summed E-state index contributed by atoms with van der Waals surface area (Å²) in [6, 6.07) is 103. The van der Waals surface area contributed by atoms with Gasteiger partial charge in [0.15, 0.2) is 5.96 Å². The predicted molar refractivity (Wildman–Crippen MR) is 415 cm³/mol. The molecule has 502 valence electrons. The summed E-state index contributed by atoms with van der Waals surface area (Å²) in [5.41, 5.74) is 17.1. The molecule has 0 spiro atoms. The Labute approximate surface area is 625 Å². The number of rotatable bonds is 13. The van der Waals surface area contributed by atoms with Gasteiger partial charge in [0.2, 0.25) is 0 Å². The minimum Gasteiger partial charge on any atom is -0.687 e. The van der Waals surface area contributed by atoms with E-state index < -0.39 is 0 Å². The smallest absolute Gasteiger partial charge is 0.687 e. The average Bonchev–Trinajstić information content (AvgIpc) is 1.17. The third-order valence-electron chi connectivity index (χ3n) is 14.0. The third-order valence-corrected chi connectivity index (χ3v) is 14.0. The zero-order chi connectivity index (χ0) is 69.1. The van der Waals surface area contributed by atoms with Gasteiger partial charge in [0.1, 0.15) is 0 Å². The number of hydrogen-bond donors (Lipinski definition) is 1. The van der Waals surface area contributed by atoms with Crippen molar-refractivity contribution in [2.45, 2.75) is 74.8 Å². The van der Waals surface area contributed by atoms with Crippen LogP contribution in [0.5, 0.6) is 0 Å². The number of aliphatic imine (C=N–C) groups is 1. The largest absolute Gasteiger partial charge is 4.00 e. The number of para-hydroxylation sites is 2. The number of anilines is 1. The summed E-state index contributed by atoms with van der Waals surface area (Å²) < 4.78 is 0. The molecule has 0 aliphatic heterocycles. The fourth-order valence-electron chi connectivity index (χ4n) is 8.64. The number of guanidine groups is 1. The first-order chi connectivity index (χ1) is 46.1. The molecule has 1 unspecified atom stereocenters. The number of benzene rings is 11. The Morgan fingerprint density at radius 2 is 0.608 bits per heavy atom. The normalized spacial score (nSPS) is 9.97. The maximum atomic E-state index is 4.97. The van der Waals surface area contributed by atoms with Gasteiger partial charge in [-0.1, -0.05) is 170 Å². The van der Waals surface area contributed by atoms with E-state index in [1.807, 2.05) is 224 Å². The molecule has 0 saturated carbocycles. The molecule has 97 heavy (non-hydrogen) atoms. The van der Waals surface area contributed by atoms with Crippen molar-refractivity contribution in [3.63, 3.8) is 0 Å². The van der Waals surface area contributed by atoms with Crippen LogP contribution >= 0.6 is 0 Å². The van der Waals surface area contributed by atoms with E-state index in [1.54, 1.807) is 0 Å². The van der Waals surface area contributed by atoms with Crippen LogP contribution in [0.3, 0.4) is 0 Å². The molecule has 1 N–H and O–H groups in total. The van der Waals surface area contributed by atoms with Gasteiger partial charge in [-0.15, -0.1) is 97.2 Å². The Balaban J connectivity index is 0.000000579. The molecule has 0 heterocycles. The molecular formula is C89H103Hf2N6-5. The Hall–Kier alpha value is -8.76. The van der Waals surface area contributed by atoms with Gasteiger partial charge in [-0.25, -0.2) is 4.99 Å². The third kappa shape index (κ3) is 40.4. The van der Waals surface area contributed by atoms with Crippen LogP contribution in [0.2, 0.25) is 0 Å². The van der Waals surface area contributed by atoms with Crippen molar-refractivity contribution in [3.8, 4) is 0 Å². The summed E-state index contributed by atoms with van der Waals surface area (Å²) in [7, 11) is 0. The van der Waals surface area contributed by atoms with Crippen LogP contribution in [0.4, 0.5) is 11.4 Å². The maximum absolute atomic E-state index is 4.97. The molecule has 0 radical (unpaired) electrons. The molecule has 0 aliphatic carbocycles. The van der Waals surface area contributed by atoms with Crippen molar-refractivity contribution in [3.05, 3.63) is 441 Å². The molecule has 0 fully saturated rings. The molecule has 0 aliphatic rings. The van der Waals surface area contributed by atoms with Crippen LogP contribution in [-0.4, -0.2) is 48.2 Å². The Kier molecular flexibility index (Phi) is 48.3. The topological polar surface area (TPSA) is 59.1 Å². The van der Waals surface area contributed by atoms with Crippen molar-refractivity contribution in [1.29, 1.82) is 0 Å². The number of nitrogens with zero attached hydrogens (tertiary/aromatic N) is 5. The molecule has 0 aromatic heterocycles. The van der Waals surface area contributed by atoms with Crippen LogP contribution in [0, 0.1) is 76.2 Å². The fourth-order valence-corrected chi connectivity index (χ4v) is 8.64. The van der Waals surface area contributed by atoms with Gasteiger partial charge in [-0.3, -0.25) is 0 Å². The summed E-state index contributed by atoms with van der Waals surface area (Å²) in [6.07, 6.45) is -0.134. The molecule has 0 saturated heterocycles. The second kappa shape index (κ2) is 54.4. The summed E-state index contributed by atoms with van der Waals surface area (Å²) in [4.78, 5) is 9.39. The summed E-state index contributed by atoms with van der Waals surface area (Å²) in [6.45, 7) is 48.3. The first-order valence-corrected chi connectivity index (χ1v) is 32.5. The van der Waals surface area contributed by atoms with E-state index in [2.05, 4.69) is 204 Å². The minimum atomic E-state index is -0.134. The van der Waals surface area contributed by atoms with Gasteiger partial charge >= 0.3 is 25.8 Å². The van der Waals surface area contributed by atoms with E-state index in [0.29, 0.717) is 13.1 Å². The first-order valence-electron chi connectivity index (χ1n) is 32.5. The van der Waals surface area contributed by atoms with Gasteiger partial charge in [0.25, 0.3) is 0 Å². The Bertz CT molecular complexity index is 3200. The quantitative estimate of drug-likeness (QED) is 0.0542. The predicted octanol–water partition coefficient (Wildman–Crippen LogP) is 23.2. The van der Waals surface area contributed by atoms with Crippen molar-refractivity contribution >= 4 is 17.3 Å². The maximum Gasteiger partial charge on any atom is 4.00 e. The van der Waals surface area contributed by atoms with Gasteiger partial charge in [-0.2, -0.15) is 179 Å². The zero-order valence-electron chi connectivity index (χ0n) is 59.0. The molecule has 8 heteroatoms. The average molecular weight is 1610 g/mol. The molecule has 0 bridgehead atoms. The van der Waals surface area contributed by atoms with E-state index in [0.717, 1.165) is 82.5 Å². The van der Waals surface area contributed by atoms with Gasteiger partial charge in [0, 0.05) is 44.6 Å². The molecular weight excluding hydrogens is 1510 g/mol. The fraction of sp³-hybridized carbons (Fsp3) is 0.169. The van der Waals surface area contributed by atoms with E-state index >= 15 is 0 Å². The Morgan fingerprint density at radius 1 is 0.351 bits per heavy atom. The molecule has 0 amide bonds. The number of hydrogen-bond acceptors (Lipinski definition) is 2. The molecule has 11 rings (SSSR count). The van der Waals surface area contributed by atoms with Crippen molar-refractivity contribution < 1.29 is 51.7 Å².